The largest absolute Gasteiger partial charge is 0.457 e. The lowest BCUT2D eigenvalue weighted by Gasteiger charge is -2.03. The standard InChI is InChI=1S/C12H10O.C4H10O2/c1-3-7-11(8-4-1)13-12-9-5-2-6-10-12;5-3-1-2-4-6/h1-10H;5-6H,1-4H2. The normalized spacial score (nSPS) is 9.37. The molecule has 0 atom stereocenters. The third kappa shape index (κ3) is 7.24. The first-order valence-corrected chi connectivity index (χ1v) is 6.36. The molecule has 3 heteroatoms. The minimum atomic E-state index is 0.195. The van der Waals surface area contributed by atoms with Gasteiger partial charge >= 0.3 is 0 Å². The van der Waals surface area contributed by atoms with E-state index in [4.69, 9.17) is 14.9 Å². The van der Waals surface area contributed by atoms with E-state index in [1.165, 1.54) is 0 Å². The number of rotatable bonds is 5. The van der Waals surface area contributed by atoms with Crippen LogP contribution in [0.25, 0.3) is 0 Å². The van der Waals surface area contributed by atoms with Gasteiger partial charge in [-0.15, -0.1) is 0 Å². The molecule has 0 bridgehead atoms. The van der Waals surface area contributed by atoms with Gasteiger partial charge in [-0.2, -0.15) is 0 Å². The Morgan fingerprint density at radius 3 is 1.32 bits per heavy atom. The molecule has 0 aliphatic carbocycles. The quantitative estimate of drug-likeness (QED) is 0.811. The summed E-state index contributed by atoms with van der Waals surface area (Å²) in [6.07, 6.45) is 1.44. The first-order chi connectivity index (χ1) is 9.36. The van der Waals surface area contributed by atoms with Crippen molar-refractivity contribution in [2.75, 3.05) is 13.2 Å². The maximum Gasteiger partial charge on any atom is 0.127 e. The molecule has 0 amide bonds. The van der Waals surface area contributed by atoms with E-state index in [1.807, 2.05) is 60.7 Å². The van der Waals surface area contributed by atoms with Crippen LogP contribution in [0.3, 0.4) is 0 Å². The van der Waals surface area contributed by atoms with Gasteiger partial charge in [0.05, 0.1) is 0 Å². The molecule has 0 fully saturated rings. The van der Waals surface area contributed by atoms with Gasteiger partial charge in [0.1, 0.15) is 11.5 Å². The zero-order chi connectivity index (χ0) is 13.8. The summed E-state index contributed by atoms with van der Waals surface area (Å²) in [5, 5.41) is 16.2. The molecule has 2 rings (SSSR count). The summed E-state index contributed by atoms with van der Waals surface area (Å²) in [6.45, 7) is 0.390. The zero-order valence-electron chi connectivity index (χ0n) is 10.9. The van der Waals surface area contributed by atoms with Crippen LogP contribution in [0.15, 0.2) is 60.7 Å². The predicted molar refractivity (Wildman–Crippen MR) is 76.4 cm³/mol. The molecule has 2 aromatic carbocycles. The molecule has 0 saturated heterocycles. The number of benzene rings is 2. The number of hydrogen-bond acceptors (Lipinski definition) is 3. The van der Waals surface area contributed by atoms with E-state index in [0.717, 1.165) is 24.3 Å². The predicted octanol–water partition coefficient (Wildman–Crippen LogP) is 3.23. The fraction of sp³-hybridized carbons (Fsp3) is 0.250. The van der Waals surface area contributed by atoms with Gasteiger partial charge in [0.2, 0.25) is 0 Å². The Morgan fingerprint density at radius 2 is 1.00 bits per heavy atom. The van der Waals surface area contributed by atoms with E-state index in [2.05, 4.69) is 0 Å². The molecular weight excluding hydrogens is 240 g/mol. The third-order valence-electron chi connectivity index (χ3n) is 2.29. The number of unbranched alkanes of at least 4 members (excludes halogenated alkanes) is 1. The molecule has 0 unspecified atom stereocenters. The van der Waals surface area contributed by atoms with E-state index >= 15 is 0 Å². The zero-order valence-corrected chi connectivity index (χ0v) is 10.9. The van der Waals surface area contributed by atoms with Crippen LogP contribution in [0.5, 0.6) is 11.5 Å². The monoisotopic (exact) mass is 260 g/mol. The topological polar surface area (TPSA) is 49.7 Å². The molecule has 0 aromatic heterocycles. The van der Waals surface area contributed by atoms with Crippen LogP contribution in [0, 0.1) is 0 Å². The molecule has 0 aliphatic rings. The van der Waals surface area contributed by atoms with Crippen LogP contribution in [-0.4, -0.2) is 23.4 Å². The third-order valence-corrected chi connectivity index (χ3v) is 2.29. The number of aliphatic hydroxyl groups is 2. The molecule has 0 aliphatic heterocycles. The van der Waals surface area contributed by atoms with E-state index in [0.29, 0.717) is 0 Å². The lowest BCUT2D eigenvalue weighted by Crippen LogP contribution is -1.85. The summed E-state index contributed by atoms with van der Waals surface area (Å²) < 4.78 is 5.58. The average Bonchev–Trinajstić information content (AvgIpc) is 2.48. The van der Waals surface area contributed by atoms with Gasteiger partial charge in [0, 0.05) is 13.2 Å². The number of para-hydroxylation sites is 2. The summed E-state index contributed by atoms with van der Waals surface area (Å²) in [6, 6.07) is 19.5. The highest BCUT2D eigenvalue weighted by atomic mass is 16.5. The van der Waals surface area contributed by atoms with Crippen LogP contribution in [0.1, 0.15) is 12.8 Å². The van der Waals surface area contributed by atoms with Crippen molar-refractivity contribution in [3.05, 3.63) is 60.7 Å². The van der Waals surface area contributed by atoms with Crippen molar-refractivity contribution in [2.24, 2.45) is 0 Å². The highest BCUT2D eigenvalue weighted by Crippen LogP contribution is 2.19. The Morgan fingerprint density at radius 1 is 0.632 bits per heavy atom. The highest BCUT2D eigenvalue weighted by Gasteiger charge is 1.92. The summed E-state index contributed by atoms with van der Waals surface area (Å²) in [5.41, 5.74) is 0. The van der Waals surface area contributed by atoms with Gasteiger partial charge < -0.3 is 14.9 Å². The maximum absolute atomic E-state index is 8.09. The Hall–Kier alpha value is -1.84. The van der Waals surface area contributed by atoms with Crippen LogP contribution >= 0.6 is 0 Å². The fourth-order valence-electron chi connectivity index (χ4n) is 1.34. The first-order valence-electron chi connectivity index (χ1n) is 6.36. The molecule has 0 radical (unpaired) electrons. The molecule has 19 heavy (non-hydrogen) atoms. The minimum absolute atomic E-state index is 0.195. The van der Waals surface area contributed by atoms with Gasteiger partial charge in [0.15, 0.2) is 0 Å². The van der Waals surface area contributed by atoms with Crippen molar-refractivity contribution < 1.29 is 14.9 Å². The Balaban J connectivity index is 0.000000258. The number of ether oxygens (including phenoxy) is 1. The lowest BCUT2D eigenvalue weighted by molar-refractivity contribution is 0.242. The van der Waals surface area contributed by atoms with Crippen LogP contribution in [0.2, 0.25) is 0 Å². The second-order valence-corrected chi connectivity index (χ2v) is 3.88. The van der Waals surface area contributed by atoms with Crippen molar-refractivity contribution in [3.63, 3.8) is 0 Å². The van der Waals surface area contributed by atoms with Crippen molar-refractivity contribution in [2.45, 2.75) is 12.8 Å². The Labute approximate surface area is 114 Å². The number of hydrogen-bond donors (Lipinski definition) is 2. The number of aliphatic hydroxyl groups excluding tert-OH is 2. The molecule has 2 aromatic rings. The van der Waals surface area contributed by atoms with Gasteiger partial charge in [-0.1, -0.05) is 36.4 Å². The van der Waals surface area contributed by atoms with Gasteiger partial charge in [-0.3, -0.25) is 0 Å². The summed E-state index contributed by atoms with van der Waals surface area (Å²) in [5.74, 6) is 1.74. The summed E-state index contributed by atoms with van der Waals surface area (Å²) in [7, 11) is 0. The SMILES string of the molecule is OCCCCO.c1ccc(Oc2ccccc2)cc1. The van der Waals surface area contributed by atoms with E-state index in [9.17, 15) is 0 Å². The van der Waals surface area contributed by atoms with Crippen LogP contribution < -0.4 is 4.74 Å². The molecule has 3 nitrogen and oxygen atoms in total. The van der Waals surface area contributed by atoms with Crippen molar-refractivity contribution in [3.8, 4) is 11.5 Å². The van der Waals surface area contributed by atoms with Crippen molar-refractivity contribution >= 4 is 0 Å². The Kier molecular flexibility index (Phi) is 8.10. The van der Waals surface area contributed by atoms with Crippen LogP contribution in [-0.2, 0) is 0 Å². The Bertz CT molecular complexity index is 373. The molecular formula is C16H20O3. The van der Waals surface area contributed by atoms with Gasteiger partial charge in [0.25, 0.3) is 0 Å². The van der Waals surface area contributed by atoms with Gasteiger partial charge in [-0.05, 0) is 37.1 Å². The van der Waals surface area contributed by atoms with E-state index in [1.54, 1.807) is 0 Å². The maximum atomic E-state index is 8.09. The first kappa shape index (κ1) is 15.2. The van der Waals surface area contributed by atoms with Gasteiger partial charge in [-0.25, -0.2) is 0 Å². The van der Waals surface area contributed by atoms with E-state index < -0.39 is 0 Å². The lowest BCUT2D eigenvalue weighted by atomic mass is 10.3. The molecule has 0 heterocycles. The van der Waals surface area contributed by atoms with Crippen molar-refractivity contribution in [1.82, 2.24) is 0 Å². The summed E-state index contributed by atoms with van der Waals surface area (Å²) in [4.78, 5) is 0. The smallest absolute Gasteiger partial charge is 0.127 e. The average molecular weight is 260 g/mol. The molecule has 0 spiro atoms. The van der Waals surface area contributed by atoms with E-state index in [-0.39, 0.29) is 13.2 Å². The van der Waals surface area contributed by atoms with Crippen molar-refractivity contribution in [1.29, 1.82) is 0 Å². The minimum Gasteiger partial charge on any atom is -0.457 e. The highest BCUT2D eigenvalue weighted by molar-refractivity contribution is 5.30. The molecule has 102 valence electrons. The molecule has 0 saturated carbocycles. The molecule has 2 N–H and O–H groups in total. The van der Waals surface area contributed by atoms with Crippen LogP contribution in [0.4, 0.5) is 0 Å². The summed E-state index contributed by atoms with van der Waals surface area (Å²) >= 11 is 0. The second-order valence-electron chi connectivity index (χ2n) is 3.88. The fourth-order valence-corrected chi connectivity index (χ4v) is 1.34. The second kappa shape index (κ2) is 10.1.